The minimum atomic E-state index is -4.70. The van der Waals surface area contributed by atoms with Crippen LogP contribution in [-0.4, -0.2) is 11.5 Å². The molecule has 0 heterocycles. The molecule has 0 bridgehead atoms. The maximum Gasteiger partial charge on any atom is 0.573 e. The van der Waals surface area contributed by atoms with Crippen LogP contribution in [0.2, 0.25) is 0 Å². The van der Waals surface area contributed by atoms with Gasteiger partial charge in [-0.05, 0) is 30.4 Å². The molecule has 2 rings (SSSR count). The molecule has 1 aromatic rings. The van der Waals surface area contributed by atoms with Gasteiger partial charge >= 0.3 is 6.36 Å². The van der Waals surface area contributed by atoms with Crippen LogP contribution in [0.15, 0.2) is 18.2 Å². The summed E-state index contributed by atoms with van der Waals surface area (Å²) in [6, 6.07) is 4.26. The third-order valence-electron chi connectivity index (χ3n) is 2.45. The van der Waals surface area contributed by atoms with E-state index in [1.165, 1.54) is 12.1 Å². The number of hydrogen-bond acceptors (Lipinski definition) is 2. The lowest BCUT2D eigenvalue weighted by molar-refractivity contribution is -0.274. The van der Waals surface area contributed by atoms with Crippen molar-refractivity contribution in [3.05, 3.63) is 35.9 Å². The Bertz CT molecular complexity index is 383. The molecule has 2 nitrogen and oxygen atoms in total. The molecular formula is C11H10F3O2. The van der Waals surface area contributed by atoms with E-state index in [0.717, 1.165) is 19.4 Å². The van der Waals surface area contributed by atoms with Crippen LogP contribution in [0.3, 0.4) is 0 Å². The van der Waals surface area contributed by atoms with Crippen LogP contribution < -0.4 is 4.74 Å². The quantitative estimate of drug-likeness (QED) is 0.864. The van der Waals surface area contributed by atoms with E-state index in [-0.39, 0.29) is 11.7 Å². The van der Waals surface area contributed by atoms with Crippen molar-refractivity contribution in [1.82, 2.24) is 0 Å². The molecule has 0 aliphatic heterocycles. The zero-order chi connectivity index (χ0) is 11.8. The van der Waals surface area contributed by atoms with Crippen molar-refractivity contribution < 1.29 is 23.0 Å². The highest BCUT2D eigenvalue weighted by atomic mass is 19.4. The minimum absolute atomic E-state index is 0.0666. The number of aliphatic hydroxyl groups excluding tert-OH is 1. The highest BCUT2D eigenvalue weighted by Gasteiger charge is 2.36. The van der Waals surface area contributed by atoms with Crippen LogP contribution in [0.25, 0.3) is 0 Å². The van der Waals surface area contributed by atoms with E-state index in [1.807, 2.05) is 0 Å². The van der Waals surface area contributed by atoms with Crippen molar-refractivity contribution in [3.8, 4) is 5.75 Å². The van der Waals surface area contributed by atoms with Crippen molar-refractivity contribution >= 4 is 0 Å². The standard InChI is InChI=1S/C11H10F3O2/c12-11(13,14)16-9-3-1-2-8(6-15)10(9)7-4-5-7/h1-3,6-7,15H,4-5H2. The van der Waals surface area contributed by atoms with Crippen molar-refractivity contribution in [2.45, 2.75) is 25.1 Å². The first-order chi connectivity index (χ1) is 7.51. The summed E-state index contributed by atoms with van der Waals surface area (Å²) in [5.74, 6) is -0.144. The lowest BCUT2D eigenvalue weighted by Crippen LogP contribution is -2.18. The van der Waals surface area contributed by atoms with Gasteiger partial charge in [-0.15, -0.1) is 13.2 Å². The summed E-state index contributed by atoms with van der Waals surface area (Å²) in [7, 11) is 0. The van der Waals surface area contributed by atoms with Gasteiger partial charge in [0.05, 0.1) is 0 Å². The molecule has 16 heavy (non-hydrogen) atoms. The SMILES string of the molecule is O[CH]c1cccc(OC(F)(F)F)c1C1CC1. The molecule has 1 aliphatic carbocycles. The number of benzene rings is 1. The maximum absolute atomic E-state index is 12.1. The molecule has 1 aromatic carbocycles. The van der Waals surface area contributed by atoms with Gasteiger partial charge in [0.1, 0.15) is 12.4 Å². The van der Waals surface area contributed by atoms with E-state index in [2.05, 4.69) is 4.74 Å². The molecule has 1 N–H and O–H groups in total. The molecule has 1 fully saturated rings. The second-order valence-electron chi connectivity index (χ2n) is 3.71. The molecule has 5 heteroatoms. The lowest BCUT2D eigenvalue weighted by atomic mass is 10.0. The Morgan fingerprint density at radius 1 is 1.31 bits per heavy atom. The third-order valence-corrected chi connectivity index (χ3v) is 2.45. The maximum atomic E-state index is 12.1. The number of ether oxygens (including phenoxy) is 1. The Morgan fingerprint density at radius 3 is 2.50 bits per heavy atom. The zero-order valence-corrected chi connectivity index (χ0v) is 8.29. The summed E-state index contributed by atoms with van der Waals surface area (Å²) in [6.45, 7) is 0.816. The van der Waals surface area contributed by atoms with E-state index in [1.54, 1.807) is 6.07 Å². The van der Waals surface area contributed by atoms with Gasteiger partial charge in [-0.2, -0.15) is 0 Å². The van der Waals surface area contributed by atoms with Crippen LogP contribution in [0.1, 0.15) is 29.9 Å². The monoisotopic (exact) mass is 231 g/mol. The first-order valence-corrected chi connectivity index (χ1v) is 4.87. The average Bonchev–Trinajstić information content (AvgIpc) is 2.98. The van der Waals surface area contributed by atoms with E-state index < -0.39 is 6.36 Å². The fourth-order valence-electron chi connectivity index (χ4n) is 1.70. The number of rotatable bonds is 3. The average molecular weight is 231 g/mol. The molecule has 0 spiro atoms. The second kappa shape index (κ2) is 3.97. The van der Waals surface area contributed by atoms with Crippen LogP contribution in [0, 0.1) is 6.61 Å². The van der Waals surface area contributed by atoms with Gasteiger partial charge in [0.2, 0.25) is 0 Å². The topological polar surface area (TPSA) is 29.5 Å². The Balaban J connectivity index is 2.35. The normalized spacial score (nSPS) is 16.2. The molecule has 87 valence electrons. The molecule has 0 amide bonds. The first-order valence-electron chi connectivity index (χ1n) is 4.87. The zero-order valence-electron chi connectivity index (χ0n) is 8.29. The van der Waals surface area contributed by atoms with Gasteiger partial charge in [0.25, 0.3) is 0 Å². The van der Waals surface area contributed by atoms with Gasteiger partial charge in [0, 0.05) is 5.56 Å². The summed E-state index contributed by atoms with van der Waals surface area (Å²) in [5, 5.41) is 8.96. The molecule has 0 aromatic heterocycles. The molecule has 1 aliphatic rings. The fraction of sp³-hybridized carbons (Fsp3) is 0.364. The number of halogens is 3. The molecule has 1 radical (unpaired) electrons. The van der Waals surface area contributed by atoms with Gasteiger partial charge in [-0.1, -0.05) is 12.1 Å². The lowest BCUT2D eigenvalue weighted by Gasteiger charge is -2.15. The fourth-order valence-corrected chi connectivity index (χ4v) is 1.70. The Morgan fingerprint density at radius 2 is 2.00 bits per heavy atom. The molecule has 1 saturated carbocycles. The third kappa shape index (κ3) is 2.47. The second-order valence-corrected chi connectivity index (χ2v) is 3.71. The van der Waals surface area contributed by atoms with Crippen molar-refractivity contribution in [1.29, 1.82) is 0 Å². The molecule has 0 atom stereocenters. The summed E-state index contributed by atoms with van der Waals surface area (Å²) < 4.78 is 40.4. The summed E-state index contributed by atoms with van der Waals surface area (Å²) in [5.41, 5.74) is 0.839. The van der Waals surface area contributed by atoms with E-state index in [9.17, 15) is 13.2 Å². The van der Waals surface area contributed by atoms with Gasteiger partial charge in [-0.25, -0.2) is 0 Å². The number of alkyl halides is 3. The van der Waals surface area contributed by atoms with Crippen molar-refractivity contribution in [2.75, 3.05) is 0 Å². The van der Waals surface area contributed by atoms with E-state index >= 15 is 0 Å². The van der Waals surface area contributed by atoms with Gasteiger partial charge in [0.15, 0.2) is 0 Å². The smallest absolute Gasteiger partial charge is 0.405 e. The first kappa shape index (κ1) is 11.3. The number of hydrogen-bond donors (Lipinski definition) is 1. The minimum Gasteiger partial charge on any atom is -0.405 e. The van der Waals surface area contributed by atoms with E-state index in [4.69, 9.17) is 5.11 Å². The summed E-state index contributed by atoms with van der Waals surface area (Å²) >= 11 is 0. The van der Waals surface area contributed by atoms with Crippen LogP contribution in [-0.2, 0) is 0 Å². The predicted molar refractivity (Wildman–Crippen MR) is 50.4 cm³/mol. The van der Waals surface area contributed by atoms with Crippen molar-refractivity contribution in [2.24, 2.45) is 0 Å². The molecule has 0 unspecified atom stereocenters. The highest BCUT2D eigenvalue weighted by molar-refractivity contribution is 5.47. The summed E-state index contributed by atoms with van der Waals surface area (Å²) in [4.78, 5) is 0. The van der Waals surface area contributed by atoms with Crippen LogP contribution >= 0.6 is 0 Å². The largest absolute Gasteiger partial charge is 0.573 e. The highest BCUT2D eigenvalue weighted by Crippen LogP contribution is 2.47. The van der Waals surface area contributed by atoms with Gasteiger partial charge < -0.3 is 9.84 Å². The van der Waals surface area contributed by atoms with Crippen molar-refractivity contribution in [3.63, 3.8) is 0 Å². The van der Waals surface area contributed by atoms with Crippen LogP contribution in [0.5, 0.6) is 5.75 Å². The molecule has 0 saturated heterocycles. The molecular weight excluding hydrogens is 221 g/mol. The van der Waals surface area contributed by atoms with E-state index in [0.29, 0.717) is 11.1 Å². The Hall–Kier alpha value is -1.23. The van der Waals surface area contributed by atoms with Gasteiger partial charge in [-0.3, -0.25) is 0 Å². The van der Waals surface area contributed by atoms with Crippen LogP contribution in [0.4, 0.5) is 13.2 Å². The Kier molecular flexibility index (Phi) is 2.80. The summed E-state index contributed by atoms with van der Waals surface area (Å²) in [6.07, 6.45) is -3.03. The number of aliphatic hydroxyl groups is 1. The Labute approximate surface area is 90.7 Å². The predicted octanol–water partition coefficient (Wildman–Crippen LogP) is 3.34.